The Bertz CT molecular complexity index is 422. The molecule has 0 aliphatic heterocycles. The quantitative estimate of drug-likeness (QED) is 0.644. The van der Waals surface area contributed by atoms with Gasteiger partial charge in [-0.1, -0.05) is 6.92 Å². The molecule has 5 nitrogen and oxygen atoms in total. The van der Waals surface area contributed by atoms with Gasteiger partial charge in [0.2, 0.25) is 0 Å². The molecule has 0 spiro atoms. The highest BCUT2D eigenvalue weighted by molar-refractivity contribution is 5.44. The highest BCUT2D eigenvalue weighted by atomic mass is 16.5. The van der Waals surface area contributed by atoms with Gasteiger partial charge in [-0.2, -0.15) is 4.65 Å². The normalized spacial score (nSPS) is 12.6. The topological polar surface area (TPSA) is 52.5 Å². The Morgan fingerprint density at radius 2 is 1.60 bits per heavy atom. The molecular weight excluding hydrogens is 256 g/mol. The van der Waals surface area contributed by atoms with Crippen molar-refractivity contribution in [1.29, 1.82) is 0 Å². The van der Waals surface area contributed by atoms with Gasteiger partial charge in [0.25, 0.3) is 0 Å². The highest BCUT2D eigenvalue weighted by Crippen LogP contribution is 2.30. The molecule has 0 heterocycles. The van der Waals surface area contributed by atoms with Crippen molar-refractivity contribution in [3.8, 4) is 5.75 Å². The first-order valence-electron chi connectivity index (χ1n) is 6.84. The minimum Gasteiger partial charge on any atom is -0.633 e. The molecule has 0 bridgehead atoms. The third-order valence-corrected chi connectivity index (χ3v) is 3.02. The maximum absolute atomic E-state index is 12.0. The molecule has 5 heteroatoms. The molecule has 0 amide bonds. The Labute approximate surface area is 121 Å². The largest absolute Gasteiger partial charge is 0.633 e. The second kappa shape index (κ2) is 6.10. The minimum absolute atomic E-state index is 0.168. The van der Waals surface area contributed by atoms with Crippen LogP contribution >= 0.6 is 0 Å². The summed E-state index contributed by atoms with van der Waals surface area (Å²) < 4.78 is 4.93. The summed E-state index contributed by atoms with van der Waals surface area (Å²) in [4.78, 5) is 0. The molecule has 0 saturated heterocycles. The molecule has 114 valence electrons. The maximum Gasteiger partial charge on any atom is 0.137 e. The summed E-state index contributed by atoms with van der Waals surface area (Å²) in [6.45, 7) is 2.87. The molecular formula is C15H27N2O3+. The first kappa shape index (κ1) is 16.9. The summed E-state index contributed by atoms with van der Waals surface area (Å²) in [5.41, 5.74) is 2.98. The zero-order chi connectivity index (χ0) is 15.6. The molecule has 1 N–H and O–H groups in total. The van der Waals surface area contributed by atoms with Crippen LogP contribution in [-0.2, 0) is 19.5 Å². The SMILES string of the molecule is CCc1cc(C[N+](C)(C)[O-])c(OC)c(C[N+](C)(C)O)c1. The van der Waals surface area contributed by atoms with Crippen LogP contribution < -0.4 is 4.74 Å². The molecule has 0 saturated carbocycles. The van der Waals surface area contributed by atoms with Gasteiger partial charge in [0.05, 0.1) is 40.9 Å². The third-order valence-electron chi connectivity index (χ3n) is 3.02. The van der Waals surface area contributed by atoms with Crippen molar-refractivity contribution in [1.82, 2.24) is 0 Å². The number of nitrogens with zero attached hydrogens (tertiary/aromatic N) is 2. The third kappa shape index (κ3) is 5.09. The van der Waals surface area contributed by atoms with E-state index in [0.29, 0.717) is 18.8 Å². The summed E-state index contributed by atoms with van der Waals surface area (Å²) in [6, 6.07) is 4.07. The van der Waals surface area contributed by atoms with Crippen LogP contribution in [0, 0.1) is 5.21 Å². The van der Waals surface area contributed by atoms with Crippen molar-refractivity contribution in [3.05, 3.63) is 34.0 Å². The molecule has 20 heavy (non-hydrogen) atoms. The molecule has 0 unspecified atom stereocenters. The van der Waals surface area contributed by atoms with E-state index in [1.807, 2.05) is 12.1 Å². The molecule has 0 aliphatic rings. The van der Waals surface area contributed by atoms with E-state index < -0.39 is 4.65 Å². The fourth-order valence-corrected chi connectivity index (χ4v) is 2.35. The van der Waals surface area contributed by atoms with Gasteiger partial charge in [0.15, 0.2) is 0 Å². The smallest absolute Gasteiger partial charge is 0.137 e. The fourth-order valence-electron chi connectivity index (χ4n) is 2.35. The number of hydrogen-bond acceptors (Lipinski definition) is 3. The van der Waals surface area contributed by atoms with Crippen LogP contribution in [0.5, 0.6) is 5.75 Å². The lowest BCUT2D eigenvalue weighted by molar-refractivity contribution is -1.08. The average Bonchev–Trinajstić information content (AvgIpc) is 2.24. The number of aryl methyl sites for hydroxylation is 1. The Balaban J connectivity index is 3.31. The second-order valence-electron chi connectivity index (χ2n) is 6.31. The van der Waals surface area contributed by atoms with E-state index in [0.717, 1.165) is 23.1 Å². The molecule has 0 radical (unpaired) electrons. The minimum atomic E-state index is -0.402. The Kier molecular flexibility index (Phi) is 5.15. The monoisotopic (exact) mass is 283 g/mol. The van der Waals surface area contributed by atoms with E-state index in [9.17, 15) is 10.4 Å². The van der Waals surface area contributed by atoms with E-state index in [1.54, 1.807) is 35.3 Å². The van der Waals surface area contributed by atoms with Gasteiger partial charge in [-0.05, 0) is 24.1 Å². The number of rotatable bonds is 6. The molecule has 0 aliphatic carbocycles. The molecule has 0 aromatic heterocycles. The van der Waals surface area contributed by atoms with Crippen LogP contribution in [0.15, 0.2) is 12.1 Å². The number of hydrogen-bond donors (Lipinski definition) is 1. The maximum atomic E-state index is 12.0. The first-order chi connectivity index (χ1) is 9.05. The Morgan fingerprint density at radius 1 is 1.10 bits per heavy atom. The summed E-state index contributed by atoms with van der Waals surface area (Å²) >= 11 is 0. The summed E-state index contributed by atoms with van der Waals surface area (Å²) in [6.07, 6.45) is 0.884. The molecule has 1 aromatic rings. The van der Waals surface area contributed by atoms with Crippen LogP contribution in [0.1, 0.15) is 23.6 Å². The van der Waals surface area contributed by atoms with Crippen LogP contribution in [0.2, 0.25) is 0 Å². The van der Waals surface area contributed by atoms with Gasteiger partial charge >= 0.3 is 0 Å². The highest BCUT2D eigenvalue weighted by Gasteiger charge is 2.21. The number of ether oxygens (including phenoxy) is 1. The Morgan fingerprint density at radius 3 is 1.95 bits per heavy atom. The van der Waals surface area contributed by atoms with Gasteiger partial charge in [-0.25, -0.2) is 5.21 Å². The van der Waals surface area contributed by atoms with Crippen molar-refractivity contribution in [3.63, 3.8) is 0 Å². The van der Waals surface area contributed by atoms with Crippen molar-refractivity contribution in [2.45, 2.75) is 26.4 Å². The number of quaternary nitrogens is 2. The first-order valence-corrected chi connectivity index (χ1v) is 6.84. The number of benzene rings is 1. The van der Waals surface area contributed by atoms with E-state index in [4.69, 9.17) is 4.74 Å². The van der Waals surface area contributed by atoms with E-state index in [1.165, 1.54) is 0 Å². The predicted molar refractivity (Wildman–Crippen MR) is 79.2 cm³/mol. The van der Waals surface area contributed by atoms with Gasteiger partial charge < -0.3 is 14.6 Å². The second-order valence-corrected chi connectivity index (χ2v) is 6.31. The van der Waals surface area contributed by atoms with Crippen LogP contribution in [-0.4, -0.2) is 49.8 Å². The van der Waals surface area contributed by atoms with Crippen molar-refractivity contribution < 1.29 is 19.2 Å². The van der Waals surface area contributed by atoms with Crippen LogP contribution in [0.4, 0.5) is 0 Å². The lowest BCUT2D eigenvalue weighted by Gasteiger charge is -2.34. The zero-order valence-corrected chi connectivity index (χ0v) is 13.4. The lowest BCUT2D eigenvalue weighted by Crippen LogP contribution is -2.35. The zero-order valence-electron chi connectivity index (χ0n) is 13.4. The summed E-state index contributed by atoms with van der Waals surface area (Å²) in [5, 5.41) is 22.0. The van der Waals surface area contributed by atoms with E-state index in [-0.39, 0.29) is 4.65 Å². The van der Waals surface area contributed by atoms with Gasteiger partial charge in [0.1, 0.15) is 18.8 Å². The summed E-state index contributed by atoms with van der Waals surface area (Å²) in [5.74, 6) is 0.713. The lowest BCUT2D eigenvalue weighted by atomic mass is 10.0. The van der Waals surface area contributed by atoms with E-state index >= 15 is 0 Å². The van der Waals surface area contributed by atoms with Crippen LogP contribution in [0.25, 0.3) is 0 Å². The van der Waals surface area contributed by atoms with Crippen LogP contribution in [0.3, 0.4) is 0 Å². The van der Waals surface area contributed by atoms with Crippen molar-refractivity contribution >= 4 is 0 Å². The van der Waals surface area contributed by atoms with Gasteiger partial charge in [0, 0.05) is 5.56 Å². The number of hydroxylamine groups is 6. The Hall–Kier alpha value is -1.14. The molecule has 1 aromatic carbocycles. The fraction of sp³-hybridized carbons (Fsp3) is 0.600. The number of methoxy groups -OCH3 is 1. The molecule has 1 rings (SSSR count). The van der Waals surface area contributed by atoms with Gasteiger partial charge in [-0.15, -0.1) is 0 Å². The molecule has 0 fully saturated rings. The average molecular weight is 283 g/mol. The molecule has 0 atom stereocenters. The predicted octanol–water partition coefficient (Wildman–Crippen LogP) is 2.30. The van der Waals surface area contributed by atoms with Crippen molar-refractivity contribution in [2.75, 3.05) is 35.3 Å². The standard InChI is InChI=1S/C15H27N2O3/c1-7-12-8-13(10-16(2,3)18)15(20-6)14(9-12)11-17(4,5)19/h8-9,18H,7,10-11H2,1-6H3/q+1. The summed E-state index contributed by atoms with van der Waals surface area (Å²) in [7, 11) is 8.26. The van der Waals surface area contributed by atoms with E-state index in [2.05, 4.69) is 6.92 Å². The van der Waals surface area contributed by atoms with Gasteiger partial charge in [-0.3, -0.25) is 0 Å². The van der Waals surface area contributed by atoms with Crippen molar-refractivity contribution in [2.24, 2.45) is 0 Å².